The molecule has 2 rings (SSSR count). The average molecular weight is 402 g/mol. The van der Waals surface area contributed by atoms with Gasteiger partial charge in [0.15, 0.2) is 0 Å². The first kappa shape index (κ1) is 22.5. The third-order valence-electron chi connectivity index (χ3n) is 4.27. The number of ether oxygens (including phenoxy) is 3. The summed E-state index contributed by atoms with van der Waals surface area (Å²) in [6.07, 6.45) is -0.646. The fraction of sp³-hybridized carbons (Fsp3) is 0.409. The Balaban J connectivity index is 1.67. The van der Waals surface area contributed by atoms with Crippen molar-refractivity contribution < 1.29 is 24.1 Å². The van der Waals surface area contributed by atoms with E-state index >= 15 is 0 Å². The molecule has 0 fully saturated rings. The van der Waals surface area contributed by atoms with E-state index in [-0.39, 0.29) is 12.8 Å². The lowest BCUT2D eigenvalue weighted by molar-refractivity contribution is 0.0865. The van der Waals surface area contributed by atoms with Crippen LogP contribution in [0.4, 0.5) is 4.79 Å². The van der Waals surface area contributed by atoms with Crippen LogP contribution in [-0.4, -0.2) is 50.3 Å². The molecule has 0 saturated heterocycles. The number of benzene rings is 2. The first-order valence-electron chi connectivity index (χ1n) is 9.65. The fourth-order valence-electron chi connectivity index (χ4n) is 2.63. The van der Waals surface area contributed by atoms with E-state index in [1.54, 1.807) is 0 Å². The zero-order valence-corrected chi connectivity index (χ0v) is 17.2. The standard InChI is InChI=1S/C22H30N2O5/c1-16-6-4-5-7-21(16)28-15-19(25)14-24-17(2)29-20-10-8-18(9-11-20)12-13-23-22(26)27-3/h4-11,17,19,24-25H,12-15H2,1-3H3,(H,23,26). The van der Waals surface area contributed by atoms with Crippen LogP contribution in [0.3, 0.4) is 0 Å². The summed E-state index contributed by atoms with van der Waals surface area (Å²) in [6, 6.07) is 15.4. The molecule has 0 bridgehead atoms. The Morgan fingerprint density at radius 3 is 2.55 bits per heavy atom. The van der Waals surface area contributed by atoms with Gasteiger partial charge in [0.05, 0.1) is 7.11 Å². The molecule has 0 heterocycles. The summed E-state index contributed by atoms with van der Waals surface area (Å²) >= 11 is 0. The molecule has 0 spiro atoms. The molecule has 0 aliphatic rings. The summed E-state index contributed by atoms with van der Waals surface area (Å²) in [7, 11) is 1.34. The highest BCUT2D eigenvalue weighted by Gasteiger charge is 2.10. The van der Waals surface area contributed by atoms with E-state index in [9.17, 15) is 9.90 Å². The van der Waals surface area contributed by atoms with Crippen LogP contribution >= 0.6 is 0 Å². The summed E-state index contributed by atoms with van der Waals surface area (Å²) in [5.74, 6) is 1.50. The second-order valence-corrected chi connectivity index (χ2v) is 6.71. The van der Waals surface area contributed by atoms with E-state index in [1.165, 1.54) is 7.11 Å². The van der Waals surface area contributed by atoms with E-state index in [4.69, 9.17) is 9.47 Å². The Kier molecular flexibility index (Phi) is 9.27. The van der Waals surface area contributed by atoms with Crippen LogP contribution in [0.2, 0.25) is 0 Å². The normalized spacial score (nSPS) is 12.7. The Bertz CT molecular complexity index is 751. The first-order valence-corrected chi connectivity index (χ1v) is 9.65. The lowest BCUT2D eigenvalue weighted by atomic mass is 10.1. The predicted molar refractivity (Wildman–Crippen MR) is 111 cm³/mol. The number of hydrogen-bond donors (Lipinski definition) is 3. The first-order chi connectivity index (χ1) is 14.0. The highest BCUT2D eigenvalue weighted by atomic mass is 16.5. The van der Waals surface area contributed by atoms with E-state index in [2.05, 4.69) is 15.4 Å². The van der Waals surface area contributed by atoms with Gasteiger partial charge in [-0.1, -0.05) is 30.3 Å². The van der Waals surface area contributed by atoms with Crippen LogP contribution in [0.15, 0.2) is 48.5 Å². The van der Waals surface area contributed by atoms with Crippen molar-refractivity contribution in [2.75, 3.05) is 26.8 Å². The zero-order chi connectivity index (χ0) is 21.1. The van der Waals surface area contributed by atoms with Gasteiger partial charge in [-0.15, -0.1) is 0 Å². The van der Waals surface area contributed by atoms with Crippen molar-refractivity contribution in [1.29, 1.82) is 0 Å². The number of rotatable bonds is 11. The van der Waals surface area contributed by atoms with Gasteiger partial charge in [-0.2, -0.15) is 0 Å². The minimum absolute atomic E-state index is 0.207. The molecule has 29 heavy (non-hydrogen) atoms. The Hall–Kier alpha value is -2.77. The van der Waals surface area contributed by atoms with Crippen molar-refractivity contribution in [3.63, 3.8) is 0 Å². The number of aliphatic hydroxyl groups excluding tert-OH is 1. The van der Waals surface area contributed by atoms with Crippen molar-refractivity contribution in [1.82, 2.24) is 10.6 Å². The molecule has 158 valence electrons. The third kappa shape index (κ3) is 8.41. The molecule has 1 amide bonds. The van der Waals surface area contributed by atoms with E-state index < -0.39 is 12.2 Å². The van der Waals surface area contributed by atoms with Crippen LogP contribution in [0, 0.1) is 6.92 Å². The van der Waals surface area contributed by atoms with Gasteiger partial charge in [-0.05, 0) is 49.6 Å². The average Bonchev–Trinajstić information content (AvgIpc) is 2.72. The minimum Gasteiger partial charge on any atom is -0.491 e. The molecule has 0 aliphatic carbocycles. The molecule has 2 aromatic carbocycles. The summed E-state index contributed by atoms with van der Waals surface area (Å²) < 4.78 is 16.0. The third-order valence-corrected chi connectivity index (χ3v) is 4.27. The molecule has 2 unspecified atom stereocenters. The maximum absolute atomic E-state index is 11.0. The molecule has 0 aromatic heterocycles. The lowest BCUT2D eigenvalue weighted by Gasteiger charge is -2.19. The van der Waals surface area contributed by atoms with Gasteiger partial charge in [-0.3, -0.25) is 5.32 Å². The fourth-order valence-corrected chi connectivity index (χ4v) is 2.63. The molecule has 0 saturated carbocycles. The van der Waals surface area contributed by atoms with Gasteiger partial charge in [0.1, 0.15) is 30.4 Å². The van der Waals surface area contributed by atoms with Crippen molar-refractivity contribution >= 4 is 6.09 Å². The molecule has 2 atom stereocenters. The number of alkyl carbamates (subject to hydrolysis) is 1. The molecule has 2 aromatic rings. The van der Waals surface area contributed by atoms with Crippen molar-refractivity contribution in [3.8, 4) is 11.5 Å². The highest BCUT2D eigenvalue weighted by molar-refractivity contribution is 5.66. The van der Waals surface area contributed by atoms with Gasteiger partial charge in [0.2, 0.25) is 0 Å². The van der Waals surface area contributed by atoms with Gasteiger partial charge in [0, 0.05) is 13.1 Å². The molecule has 0 radical (unpaired) electrons. The predicted octanol–water partition coefficient (Wildman–Crippen LogP) is 2.65. The second kappa shape index (κ2) is 11.9. The van der Waals surface area contributed by atoms with Crippen LogP contribution in [0.25, 0.3) is 0 Å². The molecule has 0 aliphatic heterocycles. The molecular weight excluding hydrogens is 372 g/mol. The number of aliphatic hydroxyl groups is 1. The maximum Gasteiger partial charge on any atom is 0.406 e. The minimum atomic E-state index is -0.648. The second-order valence-electron chi connectivity index (χ2n) is 6.71. The number of hydrogen-bond acceptors (Lipinski definition) is 6. The number of methoxy groups -OCH3 is 1. The topological polar surface area (TPSA) is 89.1 Å². The Morgan fingerprint density at radius 2 is 1.86 bits per heavy atom. The monoisotopic (exact) mass is 402 g/mol. The highest BCUT2D eigenvalue weighted by Crippen LogP contribution is 2.16. The number of amides is 1. The zero-order valence-electron chi connectivity index (χ0n) is 17.2. The smallest absolute Gasteiger partial charge is 0.406 e. The number of aryl methyl sites for hydroxylation is 1. The van der Waals surface area contributed by atoms with E-state index in [0.29, 0.717) is 19.5 Å². The SMILES string of the molecule is COC(=O)NCCc1ccc(OC(C)NCC(O)COc2ccccc2C)cc1. The number of para-hydroxylation sites is 1. The molecular formula is C22H30N2O5. The molecule has 7 nitrogen and oxygen atoms in total. The molecule has 3 N–H and O–H groups in total. The van der Waals surface area contributed by atoms with Gasteiger partial charge in [0.25, 0.3) is 0 Å². The summed E-state index contributed by atoms with van der Waals surface area (Å²) in [4.78, 5) is 11.0. The summed E-state index contributed by atoms with van der Waals surface area (Å²) in [6.45, 7) is 4.91. The Morgan fingerprint density at radius 1 is 1.14 bits per heavy atom. The summed E-state index contributed by atoms with van der Waals surface area (Å²) in [5.41, 5.74) is 2.12. The van der Waals surface area contributed by atoms with Crippen molar-refractivity contribution in [2.24, 2.45) is 0 Å². The van der Waals surface area contributed by atoms with E-state index in [1.807, 2.05) is 62.4 Å². The van der Waals surface area contributed by atoms with E-state index in [0.717, 1.165) is 22.6 Å². The van der Waals surface area contributed by atoms with Crippen molar-refractivity contribution in [2.45, 2.75) is 32.6 Å². The van der Waals surface area contributed by atoms with Gasteiger partial charge < -0.3 is 24.6 Å². The number of nitrogens with one attached hydrogen (secondary N) is 2. The maximum atomic E-state index is 11.0. The molecule has 7 heteroatoms. The largest absolute Gasteiger partial charge is 0.491 e. The van der Waals surface area contributed by atoms with Crippen molar-refractivity contribution in [3.05, 3.63) is 59.7 Å². The van der Waals surface area contributed by atoms with Crippen LogP contribution < -0.4 is 20.1 Å². The van der Waals surface area contributed by atoms with Crippen LogP contribution in [-0.2, 0) is 11.2 Å². The van der Waals surface area contributed by atoms with Crippen LogP contribution in [0.1, 0.15) is 18.1 Å². The Labute approximate surface area is 172 Å². The lowest BCUT2D eigenvalue weighted by Crippen LogP contribution is -2.39. The quantitative estimate of drug-likeness (QED) is 0.501. The number of carbonyl (C=O) groups excluding carboxylic acids is 1. The van der Waals surface area contributed by atoms with Gasteiger partial charge in [-0.25, -0.2) is 4.79 Å². The number of carbonyl (C=O) groups is 1. The van der Waals surface area contributed by atoms with Crippen LogP contribution in [0.5, 0.6) is 11.5 Å². The summed E-state index contributed by atoms with van der Waals surface area (Å²) in [5, 5.41) is 15.9. The van der Waals surface area contributed by atoms with Gasteiger partial charge >= 0.3 is 6.09 Å².